The van der Waals surface area contributed by atoms with E-state index in [9.17, 15) is 4.79 Å². The van der Waals surface area contributed by atoms with E-state index in [2.05, 4.69) is 0 Å². The van der Waals surface area contributed by atoms with Crippen LogP contribution in [0.5, 0.6) is 0 Å². The summed E-state index contributed by atoms with van der Waals surface area (Å²) in [4.78, 5) is 11.2. The monoisotopic (exact) mass is 140 g/mol. The average Bonchev–Trinajstić information content (AvgIpc) is 1.95. The highest BCUT2D eigenvalue weighted by Crippen LogP contribution is 2.61. The predicted molar refractivity (Wildman–Crippen MR) is 36.4 cm³/mol. The normalized spacial score (nSPS) is 42.7. The zero-order valence-electron chi connectivity index (χ0n) is 6.22. The van der Waals surface area contributed by atoms with Crippen LogP contribution in [0, 0.1) is 11.3 Å². The van der Waals surface area contributed by atoms with E-state index in [1.54, 1.807) is 0 Å². The first-order valence-corrected chi connectivity index (χ1v) is 3.88. The van der Waals surface area contributed by atoms with Gasteiger partial charge in [-0.2, -0.15) is 0 Å². The van der Waals surface area contributed by atoms with E-state index in [1.165, 1.54) is 20.0 Å². The third-order valence-electron chi connectivity index (χ3n) is 3.25. The van der Waals surface area contributed by atoms with Crippen molar-refractivity contribution >= 4 is 5.97 Å². The van der Waals surface area contributed by atoms with E-state index in [1.807, 2.05) is 0 Å². The number of fused-ring (bicyclic) bond motifs is 1. The highest BCUT2D eigenvalue weighted by Gasteiger charge is 2.59. The Hall–Kier alpha value is -0.530. The average molecular weight is 140 g/mol. The summed E-state index contributed by atoms with van der Waals surface area (Å²) in [6.07, 6.45) is 4.64. The van der Waals surface area contributed by atoms with Crippen LogP contribution in [0.4, 0.5) is 0 Å². The Morgan fingerprint density at radius 2 is 2.10 bits per heavy atom. The second-order valence-corrected chi connectivity index (χ2v) is 3.42. The maximum absolute atomic E-state index is 11.2. The second kappa shape index (κ2) is 1.74. The molecule has 2 fully saturated rings. The van der Waals surface area contributed by atoms with Crippen molar-refractivity contribution in [2.45, 2.75) is 25.7 Å². The molecule has 2 saturated carbocycles. The number of esters is 1. The molecule has 0 saturated heterocycles. The standard InChI is InChI=1S/C8H12O2/c1-10-7(9)8-4-2-6(8)3-5-8/h6H,2-5H2,1H3. The predicted octanol–water partition coefficient (Wildman–Crippen LogP) is 1.35. The van der Waals surface area contributed by atoms with Crippen molar-refractivity contribution in [3.05, 3.63) is 0 Å². The first-order chi connectivity index (χ1) is 4.79. The number of methoxy groups -OCH3 is 1. The number of carbonyl (C=O) groups excluding carboxylic acids is 1. The number of hydrogen-bond acceptors (Lipinski definition) is 2. The van der Waals surface area contributed by atoms with E-state index < -0.39 is 0 Å². The van der Waals surface area contributed by atoms with Gasteiger partial charge in [-0.1, -0.05) is 0 Å². The fourth-order valence-corrected chi connectivity index (χ4v) is 2.24. The zero-order valence-corrected chi connectivity index (χ0v) is 6.22. The molecule has 0 radical (unpaired) electrons. The van der Waals surface area contributed by atoms with Crippen LogP contribution in [-0.4, -0.2) is 13.1 Å². The molecule has 56 valence electrons. The Morgan fingerprint density at radius 3 is 2.20 bits per heavy atom. The molecule has 0 aromatic rings. The third kappa shape index (κ3) is 0.482. The van der Waals surface area contributed by atoms with Crippen molar-refractivity contribution < 1.29 is 9.53 Å². The van der Waals surface area contributed by atoms with Gasteiger partial charge >= 0.3 is 5.97 Å². The molecule has 2 aliphatic carbocycles. The van der Waals surface area contributed by atoms with Crippen molar-refractivity contribution in [2.75, 3.05) is 7.11 Å². The van der Waals surface area contributed by atoms with Gasteiger partial charge in [-0.15, -0.1) is 0 Å². The van der Waals surface area contributed by atoms with Crippen molar-refractivity contribution in [1.82, 2.24) is 0 Å². The fraction of sp³-hybridized carbons (Fsp3) is 0.875. The van der Waals surface area contributed by atoms with Gasteiger partial charge in [0.15, 0.2) is 0 Å². The molecule has 0 spiro atoms. The lowest BCUT2D eigenvalue weighted by molar-refractivity contribution is -0.180. The molecular formula is C8H12O2. The van der Waals surface area contributed by atoms with Crippen LogP contribution in [-0.2, 0) is 9.53 Å². The molecule has 2 heteroatoms. The van der Waals surface area contributed by atoms with Crippen molar-refractivity contribution in [3.8, 4) is 0 Å². The smallest absolute Gasteiger partial charge is 0.312 e. The Balaban J connectivity index is 2.09. The summed E-state index contributed by atoms with van der Waals surface area (Å²) in [5.41, 5.74) is 0.00868. The quantitative estimate of drug-likeness (QED) is 0.514. The van der Waals surface area contributed by atoms with Crippen LogP contribution in [0.15, 0.2) is 0 Å². The lowest BCUT2D eigenvalue weighted by Gasteiger charge is -2.55. The molecule has 0 bridgehead atoms. The van der Waals surface area contributed by atoms with Crippen LogP contribution >= 0.6 is 0 Å². The van der Waals surface area contributed by atoms with Gasteiger partial charge in [0.2, 0.25) is 0 Å². The van der Waals surface area contributed by atoms with Crippen molar-refractivity contribution in [3.63, 3.8) is 0 Å². The topological polar surface area (TPSA) is 26.3 Å². The minimum Gasteiger partial charge on any atom is -0.469 e. The van der Waals surface area contributed by atoms with Gasteiger partial charge in [-0.3, -0.25) is 4.79 Å². The molecule has 2 nitrogen and oxygen atoms in total. The lowest BCUT2D eigenvalue weighted by Crippen LogP contribution is -2.54. The summed E-state index contributed by atoms with van der Waals surface area (Å²) in [6.45, 7) is 0. The number of hydrogen-bond donors (Lipinski definition) is 0. The van der Waals surface area contributed by atoms with E-state index in [0.717, 1.165) is 12.8 Å². The van der Waals surface area contributed by atoms with Crippen LogP contribution in [0.1, 0.15) is 25.7 Å². The molecule has 0 unspecified atom stereocenters. The van der Waals surface area contributed by atoms with E-state index in [0.29, 0.717) is 5.92 Å². The molecule has 0 aromatic carbocycles. The molecule has 0 aliphatic heterocycles. The first kappa shape index (κ1) is 6.20. The lowest BCUT2D eigenvalue weighted by atomic mass is 9.48. The Morgan fingerprint density at radius 1 is 1.50 bits per heavy atom. The highest BCUT2D eigenvalue weighted by atomic mass is 16.5. The van der Waals surface area contributed by atoms with Crippen LogP contribution < -0.4 is 0 Å². The van der Waals surface area contributed by atoms with Crippen LogP contribution in [0.2, 0.25) is 0 Å². The maximum atomic E-state index is 11.2. The van der Waals surface area contributed by atoms with E-state index in [-0.39, 0.29) is 11.4 Å². The molecule has 10 heavy (non-hydrogen) atoms. The van der Waals surface area contributed by atoms with Gasteiger partial charge < -0.3 is 4.74 Å². The summed E-state index contributed by atoms with van der Waals surface area (Å²) in [5.74, 6) is 0.718. The summed E-state index contributed by atoms with van der Waals surface area (Å²) in [7, 11) is 1.49. The largest absolute Gasteiger partial charge is 0.469 e. The SMILES string of the molecule is COC(=O)C12CCC1CC2. The summed E-state index contributed by atoms with van der Waals surface area (Å²) in [6, 6.07) is 0. The summed E-state index contributed by atoms with van der Waals surface area (Å²) in [5, 5.41) is 0. The Labute approximate surface area is 60.6 Å². The summed E-state index contributed by atoms with van der Waals surface area (Å²) < 4.78 is 4.74. The summed E-state index contributed by atoms with van der Waals surface area (Å²) >= 11 is 0. The molecule has 2 aliphatic rings. The van der Waals surface area contributed by atoms with Crippen LogP contribution in [0.3, 0.4) is 0 Å². The molecule has 0 heterocycles. The van der Waals surface area contributed by atoms with Gasteiger partial charge in [0.1, 0.15) is 0 Å². The highest BCUT2D eigenvalue weighted by molar-refractivity contribution is 5.79. The van der Waals surface area contributed by atoms with Gasteiger partial charge in [0.05, 0.1) is 12.5 Å². The molecule has 0 amide bonds. The van der Waals surface area contributed by atoms with Gasteiger partial charge in [-0.05, 0) is 31.6 Å². The van der Waals surface area contributed by atoms with Gasteiger partial charge in [0.25, 0.3) is 0 Å². The van der Waals surface area contributed by atoms with Crippen LogP contribution in [0.25, 0.3) is 0 Å². The van der Waals surface area contributed by atoms with Crippen molar-refractivity contribution in [1.29, 1.82) is 0 Å². The van der Waals surface area contributed by atoms with Gasteiger partial charge in [-0.25, -0.2) is 0 Å². The molecule has 2 rings (SSSR count). The number of rotatable bonds is 1. The second-order valence-electron chi connectivity index (χ2n) is 3.42. The molecule has 0 aromatic heterocycles. The zero-order chi connectivity index (χ0) is 7.19. The third-order valence-corrected chi connectivity index (χ3v) is 3.25. The number of carbonyl (C=O) groups is 1. The fourth-order valence-electron chi connectivity index (χ4n) is 2.24. The molecular weight excluding hydrogens is 128 g/mol. The first-order valence-electron chi connectivity index (χ1n) is 3.88. The number of ether oxygens (including phenoxy) is 1. The minimum atomic E-state index is 0.00868. The minimum absolute atomic E-state index is 0.00868. The van der Waals surface area contributed by atoms with E-state index >= 15 is 0 Å². The molecule has 0 atom stereocenters. The Kier molecular flexibility index (Phi) is 1.08. The van der Waals surface area contributed by atoms with Crippen molar-refractivity contribution in [2.24, 2.45) is 11.3 Å². The maximum Gasteiger partial charge on any atom is 0.312 e. The molecule has 0 N–H and O–H groups in total. The van der Waals surface area contributed by atoms with E-state index in [4.69, 9.17) is 4.74 Å². The van der Waals surface area contributed by atoms with Gasteiger partial charge in [0, 0.05) is 0 Å². The Bertz CT molecular complexity index is 166.